The first kappa shape index (κ1) is 28.4. The Morgan fingerprint density at radius 2 is 2.05 bits per heavy atom. The van der Waals surface area contributed by atoms with Crippen LogP contribution in [0, 0.1) is 12.7 Å². The lowest BCUT2D eigenvalue weighted by Gasteiger charge is -2.21. The number of amides is 1. The molecule has 0 spiro atoms. The van der Waals surface area contributed by atoms with Gasteiger partial charge in [-0.3, -0.25) is 14.6 Å². The van der Waals surface area contributed by atoms with Crippen molar-refractivity contribution in [1.82, 2.24) is 29.4 Å². The number of fused-ring (bicyclic) bond motifs is 1. The molecule has 12 nitrogen and oxygen atoms in total. The summed E-state index contributed by atoms with van der Waals surface area (Å²) in [5, 5.41) is 18.9. The minimum atomic E-state index is -0.959. The number of ether oxygens (including phenoxy) is 2. The summed E-state index contributed by atoms with van der Waals surface area (Å²) < 4.78 is 26.5. The quantitative estimate of drug-likeness (QED) is 0.191. The molecular weight excluding hydrogens is 555 g/mol. The average molecular weight is 585 g/mol. The average Bonchev–Trinajstić information content (AvgIpc) is 3.68. The number of halogens is 1. The van der Waals surface area contributed by atoms with Crippen LogP contribution in [-0.2, 0) is 9.53 Å². The molecule has 2 atom stereocenters. The smallest absolute Gasteiger partial charge is 0.330 e. The second-order valence-electron chi connectivity index (χ2n) is 9.44. The molecule has 1 aromatic carbocycles. The van der Waals surface area contributed by atoms with E-state index in [-0.39, 0.29) is 32.1 Å². The largest absolute Gasteiger partial charge is 0.491 e. The summed E-state index contributed by atoms with van der Waals surface area (Å²) in [6.07, 6.45) is 4.75. The van der Waals surface area contributed by atoms with E-state index in [9.17, 15) is 23.9 Å². The van der Waals surface area contributed by atoms with Crippen molar-refractivity contribution in [2.45, 2.75) is 31.9 Å². The Morgan fingerprint density at radius 3 is 2.78 bits per heavy atom. The molecule has 1 amide bonds. The van der Waals surface area contributed by atoms with Gasteiger partial charge in [-0.2, -0.15) is 10.2 Å². The van der Waals surface area contributed by atoms with E-state index in [0.29, 0.717) is 51.7 Å². The van der Waals surface area contributed by atoms with Crippen molar-refractivity contribution >= 4 is 27.5 Å². The van der Waals surface area contributed by atoms with Crippen molar-refractivity contribution < 1.29 is 23.8 Å². The van der Waals surface area contributed by atoms with Crippen LogP contribution < -0.4 is 16.0 Å². The van der Waals surface area contributed by atoms with Gasteiger partial charge in [0.2, 0.25) is 5.91 Å². The topological polar surface area (TPSA) is 145 Å². The number of carbonyl (C=O) groups excluding carboxylic acids is 1. The lowest BCUT2D eigenvalue weighted by Crippen LogP contribution is -2.41. The van der Waals surface area contributed by atoms with E-state index < -0.39 is 29.2 Å². The highest BCUT2D eigenvalue weighted by molar-refractivity contribution is 7.21. The van der Waals surface area contributed by atoms with Crippen LogP contribution in [-0.4, -0.2) is 73.4 Å². The summed E-state index contributed by atoms with van der Waals surface area (Å²) in [5.41, 5.74) is -0.251. The summed E-state index contributed by atoms with van der Waals surface area (Å²) in [4.78, 5) is 45.8. The minimum Gasteiger partial charge on any atom is -0.491 e. The van der Waals surface area contributed by atoms with Gasteiger partial charge in [-0.15, -0.1) is 11.4 Å². The zero-order chi connectivity index (χ0) is 29.1. The molecule has 4 aromatic rings. The minimum absolute atomic E-state index is 0.0655. The molecule has 1 fully saturated rings. The molecule has 1 aliphatic heterocycles. The van der Waals surface area contributed by atoms with Crippen LogP contribution in [0.1, 0.15) is 36.1 Å². The highest BCUT2D eigenvalue weighted by Gasteiger charge is 2.35. The van der Waals surface area contributed by atoms with E-state index in [1.165, 1.54) is 51.6 Å². The van der Waals surface area contributed by atoms with Gasteiger partial charge in [0.05, 0.1) is 37.5 Å². The van der Waals surface area contributed by atoms with Gasteiger partial charge in [0.1, 0.15) is 40.2 Å². The number of thiophene rings is 1. The van der Waals surface area contributed by atoms with Crippen LogP contribution in [0.3, 0.4) is 0 Å². The number of nitrogens with zero attached hydrogens (tertiary/aromatic N) is 5. The van der Waals surface area contributed by atoms with Crippen molar-refractivity contribution in [3.63, 3.8) is 0 Å². The molecule has 1 aliphatic rings. The zero-order valence-corrected chi connectivity index (χ0v) is 23.1. The molecule has 0 saturated carbocycles. The molecule has 5 rings (SSSR count). The van der Waals surface area contributed by atoms with Crippen LogP contribution in [0.5, 0.6) is 5.75 Å². The first-order valence-electron chi connectivity index (χ1n) is 13.0. The summed E-state index contributed by atoms with van der Waals surface area (Å²) >= 11 is 1.19. The lowest BCUT2D eigenvalue weighted by molar-refractivity contribution is -0.130. The van der Waals surface area contributed by atoms with E-state index in [4.69, 9.17) is 9.47 Å². The number of rotatable bonds is 12. The van der Waals surface area contributed by atoms with E-state index in [2.05, 4.69) is 21.8 Å². The number of aryl methyl sites for hydroxylation is 1. The van der Waals surface area contributed by atoms with Crippen molar-refractivity contribution in [1.29, 1.82) is 0 Å². The molecule has 3 aromatic heterocycles. The molecule has 0 bridgehead atoms. The molecule has 0 aliphatic carbocycles. The number of aromatic nitrogens is 5. The maximum absolute atomic E-state index is 14.0. The highest BCUT2D eigenvalue weighted by atomic mass is 32.1. The molecule has 1 saturated heterocycles. The Hall–Kier alpha value is -4.14. The fourth-order valence-electron chi connectivity index (χ4n) is 4.90. The lowest BCUT2D eigenvalue weighted by atomic mass is 10.1. The molecule has 41 heavy (non-hydrogen) atoms. The molecule has 2 N–H and O–H groups in total. The van der Waals surface area contributed by atoms with E-state index in [1.807, 2.05) is 0 Å². The van der Waals surface area contributed by atoms with Crippen LogP contribution in [0.25, 0.3) is 15.2 Å². The van der Waals surface area contributed by atoms with Gasteiger partial charge in [-0.25, -0.2) is 13.8 Å². The van der Waals surface area contributed by atoms with Crippen molar-refractivity contribution in [2.75, 3.05) is 32.9 Å². The van der Waals surface area contributed by atoms with Crippen LogP contribution in [0.2, 0.25) is 0 Å². The molecular formula is C27H29FN6O6S. The van der Waals surface area contributed by atoms with E-state index >= 15 is 0 Å². The third-order valence-electron chi connectivity index (χ3n) is 6.92. The zero-order valence-electron chi connectivity index (χ0n) is 22.3. The summed E-state index contributed by atoms with van der Waals surface area (Å²) in [6.45, 7) is 5.86. The summed E-state index contributed by atoms with van der Waals surface area (Å²) in [6, 6.07) is 2.97. The first-order valence-corrected chi connectivity index (χ1v) is 13.8. The number of H-pyrrole nitrogens is 1. The predicted octanol–water partition coefficient (Wildman–Crippen LogP) is 2.26. The SMILES string of the molecule is C=CCCO[C@@H](CO)c1cc(F)ccc1OCCN1CC[C@@H](n2c(=O)[nH]c3sc(-n4nccn4)c(C)c3c2=O)C1=O. The number of hydrogen-bond donors (Lipinski definition) is 2. The summed E-state index contributed by atoms with van der Waals surface area (Å²) in [7, 11) is 0. The first-order chi connectivity index (χ1) is 19.8. The maximum Gasteiger partial charge on any atom is 0.330 e. The number of aliphatic hydroxyl groups excluding tert-OH is 1. The van der Waals surface area contributed by atoms with Crippen LogP contribution in [0.15, 0.2) is 52.8 Å². The summed E-state index contributed by atoms with van der Waals surface area (Å²) in [5.74, 6) is -0.555. The molecule has 14 heteroatoms. The molecule has 216 valence electrons. The van der Waals surface area contributed by atoms with Gasteiger partial charge in [0, 0.05) is 17.7 Å². The van der Waals surface area contributed by atoms with E-state index in [0.717, 1.165) is 4.57 Å². The van der Waals surface area contributed by atoms with E-state index in [1.54, 1.807) is 13.0 Å². The molecule has 0 radical (unpaired) electrons. The van der Waals surface area contributed by atoms with Crippen molar-refractivity contribution in [2.24, 2.45) is 0 Å². The predicted molar refractivity (Wildman–Crippen MR) is 149 cm³/mol. The Morgan fingerprint density at radius 1 is 1.27 bits per heavy atom. The maximum atomic E-state index is 14.0. The number of carbonyl (C=O) groups is 1. The van der Waals surface area contributed by atoms with Crippen molar-refractivity contribution in [3.8, 4) is 10.8 Å². The molecule has 4 heterocycles. The van der Waals surface area contributed by atoms with Gasteiger partial charge in [0.15, 0.2) is 0 Å². The number of aromatic amines is 1. The normalized spacial score (nSPS) is 16.0. The number of likely N-dealkylation sites (tertiary alicyclic amines) is 1. The van der Waals surface area contributed by atoms with Gasteiger partial charge in [-0.05, 0) is 38.0 Å². The van der Waals surface area contributed by atoms with Crippen molar-refractivity contribution in [3.05, 3.63) is 81.0 Å². The Kier molecular flexibility index (Phi) is 8.42. The van der Waals surface area contributed by atoms with Crippen LogP contribution >= 0.6 is 11.3 Å². The third kappa shape index (κ3) is 5.58. The highest BCUT2D eigenvalue weighted by Crippen LogP contribution is 2.31. The van der Waals surface area contributed by atoms with Crippen LogP contribution in [0.4, 0.5) is 4.39 Å². The number of benzene rings is 1. The number of hydrogen-bond acceptors (Lipinski definition) is 9. The standard InChI is InChI=1S/C27H29FN6O6S/c1-3-4-12-39-21(15-35)18-14-17(28)5-6-20(18)40-13-11-32-10-7-19(24(32)36)33-25(37)22-16(2)26(34-29-8-9-30-34)41-23(22)31-27(33)38/h3,5-6,8-9,14,19,21,35H,1,4,7,10-13,15H2,2H3,(H,31,38)/t19-,21+/m1/s1. The second kappa shape index (κ2) is 12.2. The van der Waals surface area contributed by atoms with Gasteiger partial charge in [-0.1, -0.05) is 17.4 Å². The Bertz CT molecular complexity index is 1680. The van der Waals surface area contributed by atoms with Gasteiger partial charge in [0.25, 0.3) is 5.56 Å². The Balaban J connectivity index is 1.31. The second-order valence-corrected chi connectivity index (χ2v) is 10.4. The monoisotopic (exact) mass is 584 g/mol. The molecule has 0 unspecified atom stereocenters. The number of nitrogens with one attached hydrogen (secondary N) is 1. The van der Waals surface area contributed by atoms with Gasteiger partial charge >= 0.3 is 5.69 Å². The fraction of sp³-hybridized carbons (Fsp3) is 0.370. The third-order valence-corrected chi connectivity index (χ3v) is 8.09. The Labute approximate surface area is 237 Å². The number of aliphatic hydroxyl groups is 1. The fourth-order valence-corrected chi connectivity index (χ4v) is 6.00. The van der Waals surface area contributed by atoms with Gasteiger partial charge < -0.3 is 19.5 Å².